The third-order valence-electron chi connectivity index (χ3n) is 4.56. The fourth-order valence-corrected chi connectivity index (χ4v) is 17.4. The second kappa shape index (κ2) is 15.9. The van der Waals surface area contributed by atoms with Crippen LogP contribution in [0.4, 0.5) is 0 Å². The SMILES string of the molecule is CCC[CH2][Sn](/[CH]=C\C(CCO)OCOC)([CH2]CCC)[CH2]CCC. The molecule has 0 spiro atoms. The molecule has 0 heterocycles. The van der Waals surface area contributed by atoms with Crippen molar-refractivity contribution < 1.29 is 14.6 Å². The van der Waals surface area contributed by atoms with Crippen molar-refractivity contribution in [2.24, 2.45) is 0 Å². The first-order chi connectivity index (χ1) is 11.2. The molecule has 0 amide bonds. The van der Waals surface area contributed by atoms with Gasteiger partial charge in [-0.1, -0.05) is 0 Å². The molecular formula is C19H40O3Sn. The fraction of sp³-hybridized carbons (Fsp3) is 0.895. The predicted octanol–water partition coefficient (Wildman–Crippen LogP) is 5.30. The Kier molecular flexibility index (Phi) is 16.2. The Hall–Kier alpha value is 0.419. The van der Waals surface area contributed by atoms with E-state index >= 15 is 0 Å². The van der Waals surface area contributed by atoms with E-state index in [1.807, 2.05) is 0 Å². The Morgan fingerprint density at radius 3 is 1.87 bits per heavy atom. The van der Waals surface area contributed by atoms with Crippen LogP contribution in [0.1, 0.15) is 65.7 Å². The molecule has 0 fully saturated rings. The van der Waals surface area contributed by atoms with Crippen LogP contribution < -0.4 is 0 Å². The molecule has 0 radical (unpaired) electrons. The van der Waals surface area contributed by atoms with E-state index in [1.165, 1.54) is 51.8 Å². The van der Waals surface area contributed by atoms with Gasteiger partial charge in [0.25, 0.3) is 0 Å². The first-order valence-corrected chi connectivity index (χ1v) is 17.3. The Balaban J connectivity index is 5.03. The van der Waals surface area contributed by atoms with Gasteiger partial charge in [-0.25, -0.2) is 0 Å². The molecule has 138 valence electrons. The van der Waals surface area contributed by atoms with Gasteiger partial charge in [0.1, 0.15) is 0 Å². The number of ether oxygens (including phenoxy) is 2. The van der Waals surface area contributed by atoms with E-state index in [4.69, 9.17) is 9.47 Å². The molecule has 4 heteroatoms. The van der Waals surface area contributed by atoms with Gasteiger partial charge in [0.05, 0.1) is 0 Å². The van der Waals surface area contributed by atoms with Crippen LogP contribution >= 0.6 is 0 Å². The summed E-state index contributed by atoms with van der Waals surface area (Å²) < 4.78 is 17.8. The summed E-state index contributed by atoms with van der Waals surface area (Å²) in [5.74, 6) is 0. The van der Waals surface area contributed by atoms with Crippen molar-refractivity contribution in [3.05, 3.63) is 10.2 Å². The quantitative estimate of drug-likeness (QED) is 0.264. The number of hydrogen-bond acceptors (Lipinski definition) is 3. The van der Waals surface area contributed by atoms with Crippen LogP contribution in [0.3, 0.4) is 0 Å². The van der Waals surface area contributed by atoms with Crippen molar-refractivity contribution in [2.75, 3.05) is 20.5 Å². The molecule has 0 bridgehead atoms. The summed E-state index contributed by atoms with van der Waals surface area (Å²) >= 11 is -2.23. The van der Waals surface area contributed by atoms with Crippen LogP contribution in [0.25, 0.3) is 0 Å². The van der Waals surface area contributed by atoms with Gasteiger partial charge in [-0.3, -0.25) is 0 Å². The minimum atomic E-state index is -2.23. The van der Waals surface area contributed by atoms with Crippen LogP contribution in [0.2, 0.25) is 13.3 Å². The molecule has 0 aromatic rings. The summed E-state index contributed by atoms with van der Waals surface area (Å²) in [7, 11) is 1.65. The van der Waals surface area contributed by atoms with Crippen molar-refractivity contribution in [1.82, 2.24) is 0 Å². The Morgan fingerprint density at radius 1 is 0.957 bits per heavy atom. The van der Waals surface area contributed by atoms with Crippen molar-refractivity contribution in [3.8, 4) is 0 Å². The number of unbranched alkanes of at least 4 members (excludes halogenated alkanes) is 3. The summed E-state index contributed by atoms with van der Waals surface area (Å²) in [6.45, 7) is 7.37. The van der Waals surface area contributed by atoms with E-state index in [9.17, 15) is 5.11 Å². The molecule has 0 aliphatic heterocycles. The standard InChI is InChI=1S/C7H13O3.3C4H9.Sn/c1-3-7(4-5-8)10-6-9-2;3*1-3-4-2;/h1,3,7-8H,4-6H2,2H3;3*1,3-4H2,2H3;. The molecule has 23 heavy (non-hydrogen) atoms. The molecule has 1 N–H and O–H groups in total. The maximum atomic E-state index is 9.25. The number of rotatable bonds is 16. The summed E-state index contributed by atoms with van der Waals surface area (Å²) in [6, 6.07) is 0. The predicted molar refractivity (Wildman–Crippen MR) is 102 cm³/mol. The molecule has 3 nitrogen and oxygen atoms in total. The normalized spacial score (nSPS) is 13.8. The average Bonchev–Trinajstić information content (AvgIpc) is 2.58. The number of aliphatic hydroxyl groups excluding tert-OH is 1. The van der Waals surface area contributed by atoms with Gasteiger partial charge >= 0.3 is 149 Å². The van der Waals surface area contributed by atoms with Crippen molar-refractivity contribution in [2.45, 2.75) is 85.1 Å². The van der Waals surface area contributed by atoms with Crippen LogP contribution in [-0.4, -0.2) is 50.1 Å². The molecule has 0 aliphatic carbocycles. The molecule has 1 atom stereocenters. The van der Waals surface area contributed by atoms with Crippen LogP contribution in [0, 0.1) is 0 Å². The molecule has 0 aromatic carbocycles. The van der Waals surface area contributed by atoms with E-state index in [2.05, 4.69) is 30.9 Å². The van der Waals surface area contributed by atoms with Crippen molar-refractivity contribution in [1.29, 1.82) is 0 Å². The van der Waals surface area contributed by atoms with Gasteiger partial charge < -0.3 is 0 Å². The zero-order valence-electron chi connectivity index (χ0n) is 16.0. The molecule has 0 aromatic heterocycles. The molecular weight excluding hydrogens is 395 g/mol. The Bertz CT molecular complexity index is 260. The molecule has 1 unspecified atom stereocenters. The van der Waals surface area contributed by atoms with Crippen LogP contribution in [0.5, 0.6) is 0 Å². The summed E-state index contributed by atoms with van der Waals surface area (Å²) in [6.07, 6.45) is 10.9. The second-order valence-electron chi connectivity index (χ2n) is 6.66. The van der Waals surface area contributed by atoms with Crippen LogP contribution in [-0.2, 0) is 9.47 Å². The third kappa shape index (κ3) is 11.6. The molecule has 0 saturated heterocycles. The summed E-state index contributed by atoms with van der Waals surface area (Å²) in [4.78, 5) is 0. The van der Waals surface area contributed by atoms with Gasteiger partial charge in [-0.05, 0) is 0 Å². The summed E-state index contributed by atoms with van der Waals surface area (Å²) in [5, 5.41) is 9.25. The van der Waals surface area contributed by atoms with E-state index < -0.39 is 18.4 Å². The van der Waals surface area contributed by atoms with Gasteiger partial charge in [0.15, 0.2) is 0 Å². The average molecular weight is 435 g/mol. The zero-order valence-corrected chi connectivity index (χ0v) is 18.8. The van der Waals surface area contributed by atoms with Gasteiger partial charge in [-0.15, -0.1) is 0 Å². The van der Waals surface area contributed by atoms with Gasteiger partial charge in [-0.2, -0.15) is 0 Å². The van der Waals surface area contributed by atoms with Crippen LogP contribution in [0.15, 0.2) is 10.2 Å². The maximum absolute atomic E-state index is 9.25. The second-order valence-corrected chi connectivity index (χ2v) is 19.7. The topological polar surface area (TPSA) is 38.7 Å². The summed E-state index contributed by atoms with van der Waals surface area (Å²) in [5.41, 5.74) is 0. The molecule has 0 rings (SSSR count). The molecule has 0 aliphatic rings. The van der Waals surface area contributed by atoms with E-state index in [0.29, 0.717) is 13.2 Å². The number of methoxy groups -OCH3 is 1. The van der Waals surface area contributed by atoms with E-state index in [-0.39, 0.29) is 12.7 Å². The van der Waals surface area contributed by atoms with E-state index in [0.717, 1.165) is 0 Å². The number of aliphatic hydroxyl groups is 1. The van der Waals surface area contributed by atoms with Crippen molar-refractivity contribution >= 4 is 18.4 Å². The fourth-order valence-electron chi connectivity index (χ4n) is 3.04. The third-order valence-corrected chi connectivity index (χ3v) is 18.7. The minimum absolute atomic E-state index is 0.000838. The monoisotopic (exact) mass is 436 g/mol. The Morgan fingerprint density at radius 2 is 1.48 bits per heavy atom. The van der Waals surface area contributed by atoms with Gasteiger partial charge in [0, 0.05) is 0 Å². The van der Waals surface area contributed by atoms with Crippen molar-refractivity contribution in [3.63, 3.8) is 0 Å². The zero-order chi connectivity index (χ0) is 17.4. The first kappa shape index (κ1) is 23.4. The van der Waals surface area contributed by atoms with E-state index in [1.54, 1.807) is 7.11 Å². The Labute approximate surface area is 148 Å². The van der Waals surface area contributed by atoms with Gasteiger partial charge in [0.2, 0.25) is 0 Å². The number of hydrogen-bond donors (Lipinski definition) is 1. The molecule has 0 saturated carbocycles. The first-order valence-electron chi connectivity index (χ1n) is 9.58.